The van der Waals surface area contributed by atoms with Crippen LogP contribution in [0.1, 0.15) is 50.2 Å². The third kappa shape index (κ3) is 6.97. The van der Waals surface area contributed by atoms with Gasteiger partial charge in [0.15, 0.2) is 0 Å². The molecule has 3 aromatic rings. The Balaban J connectivity index is 1.25. The molecule has 4 aliphatic rings. The maximum absolute atomic E-state index is 14.4. The molecule has 0 saturated heterocycles. The van der Waals surface area contributed by atoms with Gasteiger partial charge in [0.1, 0.15) is 5.54 Å². The van der Waals surface area contributed by atoms with Gasteiger partial charge in [-0.1, -0.05) is 48.5 Å². The molecule has 3 amide bonds. The summed E-state index contributed by atoms with van der Waals surface area (Å²) in [5.74, 6) is -0.0113. The zero-order valence-electron chi connectivity index (χ0n) is 25.6. The van der Waals surface area contributed by atoms with Gasteiger partial charge in [-0.25, -0.2) is 4.79 Å². The van der Waals surface area contributed by atoms with Crippen LogP contribution in [0.2, 0.25) is 0 Å². The largest absolute Gasteiger partial charge is 0.478 e. The monoisotopic (exact) mass is 610 g/mol. The second kappa shape index (κ2) is 12.9. The van der Waals surface area contributed by atoms with Crippen LogP contribution in [0.15, 0.2) is 72.9 Å². The first-order valence-electron chi connectivity index (χ1n) is 16.1. The number of rotatable bonds is 12. The lowest BCUT2D eigenvalue weighted by Crippen LogP contribution is -2.63. The van der Waals surface area contributed by atoms with Crippen LogP contribution < -0.4 is 16.0 Å². The van der Waals surface area contributed by atoms with Gasteiger partial charge in [-0.05, 0) is 86.3 Å². The molecule has 45 heavy (non-hydrogen) atoms. The number of carbonyl (C=O) groups is 4. The molecule has 0 unspecified atom stereocenters. The van der Waals surface area contributed by atoms with Crippen LogP contribution >= 0.6 is 0 Å². The minimum atomic E-state index is -1.27. The second-order valence-electron chi connectivity index (χ2n) is 13.6. The Morgan fingerprint density at radius 1 is 0.933 bits per heavy atom. The summed E-state index contributed by atoms with van der Waals surface area (Å²) >= 11 is 0. The van der Waals surface area contributed by atoms with E-state index in [1.54, 1.807) is 6.92 Å². The summed E-state index contributed by atoms with van der Waals surface area (Å²) in [5.41, 5.74) is 1.59. The number of hydrogen-bond acceptors (Lipinski definition) is 4. The highest BCUT2D eigenvalue weighted by Gasteiger charge is 2.52. The molecule has 1 heterocycles. The SMILES string of the molecule is C[C@](Cc1c[nH]c2ccccc12)(NC(=O)C1C2CC3CC(C2)CC1C3)C(=O)N[C@H](CNC(=O)/C=C/C(=O)O)Cc1ccccc1. The third-order valence-electron chi connectivity index (χ3n) is 10.2. The van der Waals surface area contributed by atoms with E-state index in [1.165, 1.54) is 6.42 Å². The summed E-state index contributed by atoms with van der Waals surface area (Å²) in [7, 11) is 0. The summed E-state index contributed by atoms with van der Waals surface area (Å²) in [6, 6.07) is 17.0. The van der Waals surface area contributed by atoms with Gasteiger partial charge in [0.05, 0.1) is 6.04 Å². The smallest absolute Gasteiger partial charge is 0.328 e. The van der Waals surface area contributed by atoms with E-state index in [-0.39, 0.29) is 30.7 Å². The minimum absolute atomic E-state index is 0.0342. The van der Waals surface area contributed by atoms with E-state index in [0.29, 0.717) is 18.3 Å². The van der Waals surface area contributed by atoms with Crippen LogP contribution in [0.5, 0.6) is 0 Å². The summed E-state index contributed by atoms with van der Waals surface area (Å²) in [6.07, 6.45) is 10.1. The number of carbonyl (C=O) groups excluding carboxylic acids is 3. The molecule has 0 radical (unpaired) electrons. The van der Waals surface area contributed by atoms with Crippen molar-refractivity contribution in [1.29, 1.82) is 0 Å². The van der Waals surface area contributed by atoms with Crippen molar-refractivity contribution in [3.63, 3.8) is 0 Å². The van der Waals surface area contributed by atoms with Crippen molar-refractivity contribution in [2.45, 2.75) is 63.5 Å². The standard InChI is InChI=1S/C36H42N4O5/c1-36(19-27-20-37-30-10-6-5-9-29(27)30,40-34(44)33-25-14-23-13-24(16-25)17-26(33)15-23)35(45)39-28(18-22-7-3-2-4-8-22)21-38-31(41)11-12-32(42)43/h2-12,20,23-26,28,33,37H,13-19,21H2,1H3,(H,38,41)(H,39,45)(H,40,44)(H,42,43)/b12-11+/t23?,24?,25?,26?,28-,33?,36+/m0/s1. The predicted molar refractivity (Wildman–Crippen MR) is 171 cm³/mol. The second-order valence-corrected chi connectivity index (χ2v) is 13.6. The first-order chi connectivity index (χ1) is 21.7. The fourth-order valence-electron chi connectivity index (χ4n) is 8.40. The number of aromatic amines is 1. The molecule has 9 nitrogen and oxygen atoms in total. The first-order valence-corrected chi connectivity index (χ1v) is 16.1. The van der Waals surface area contributed by atoms with Crippen LogP contribution in [0.4, 0.5) is 0 Å². The maximum atomic E-state index is 14.4. The van der Waals surface area contributed by atoms with E-state index >= 15 is 0 Å². The van der Waals surface area contributed by atoms with Gasteiger partial charge in [0.2, 0.25) is 17.7 Å². The molecular formula is C36H42N4O5. The van der Waals surface area contributed by atoms with Crippen LogP contribution in [0, 0.1) is 29.6 Å². The van der Waals surface area contributed by atoms with Crippen molar-refractivity contribution in [2.24, 2.45) is 29.6 Å². The van der Waals surface area contributed by atoms with Crippen LogP contribution in [0.3, 0.4) is 0 Å². The van der Waals surface area contributed by atoms with Gasteiger partial charge in [-0.3, -0.25) is 14.4 Å². The van der Waals surface area contributed by atoms with Crippen LogP contribution in [0.25, 0.3) is 10.9 Å². The highest BCUT2D eigenvalue weighted by atomic mass is 16.4. The molecule has 0 aliphatic heterocycles. The lowest BCUT2D eigenvalue weighted by Gasteiger charge is -2.54. The number of aliphatic carboxylic acids is 1. The van der Waals surface area contributed by atoms with E-state index in [1.807, 2.05) is 60.8 Å². The van der Waals surface area contributed by atoms with Crippen molar-refractivity contribution in [1.82, 2.24) is 20.9 Å². The highest BCUT2D eigenvalue weighted by molar-refractivity contribution is 5.95. The van der Waals surface area contributed by atoms with Gasteiger partial charge in [0, 0.05) is 48.1 Å². The van der Waals surface area contributed by atoms with Gasteiger partial charge < -0.3 is 26.0 Å². The highest BCUT2D eigenvalue weighted by Crippen LogP contribution is 2.56. The van der Waals surface area contributed by atoms with Crippen molar-refractivity contribution < 1.29 is 24.3 Å². The molecule has 1 aromatic heterocycles. The normalized spacial score (nSPS) is 25.5. The molecule has 4 saturated carbocycles. The lowest BCUT2D eigenvalue weighted by molar-refractivity contribution is -0.144. The van der Waals surface area contributed by atoms with Gasteiger partial charge in [-0.2, -0.15) is 0 Å². The zero-order chi connectivity index (χ0) is 31.6. The molecule has 4 fully saturated rings. The van der Waals surface area contributed by atoms with Gasteiger partial charge in [0.25, 0.3) is 0 Å². The molecule has 2 aromatic carbocycles. The number of para-hydroxylation sites is 1. The van der Waals surface area contributed by atoms with E-state index < -0.39 is 23.5 Å². The number of carboxylic acid groups (broad SMARTS) is 1. The van der Waals surface area contributed by atoms with Crippen molar-refractivity contribution in [2.75, 3.05) is 6.54 Å². The van der Waals surface area contributed by atoms with Crippen LogP contribution in [-0.4, -0.2) is 51.9 Å². The van der Waals surface area contributed by atoms with Crippen molar-refractivity contribution in [3.05, 3.63) is 84.1 Å². The van der Waals surface area contributed by atoms with Crippen LogP contribution in [-0.2, 0) is 32.0 Å². The Morgan fingerprint density at radius 3 is 2.29 bits per heavy atom. The summed E-state index contributed by atoms with van der Waals surface area (Å²) < 4.78 is 0. The fourth-order valence-corrected chi connectivity index (χ4v) is 8.40. The topological polar surface area (TPSA) is 140 Å². The number of amides is 3. The summed E-state index contributed by atoms with van der Waals surface area (Å²) in [5, 5.41) is 19.0. The Hall–Kier alpha value is -4.40. The maximum Gasteiger partial charge on any atom is 0.328 e. The summed E-state index contributed by atoms with van der Waals surface area (Å²) in [6.45, 7) is 1.88. The quantitative estimate of drug-likeness (QED) is 0.196. The summed E-state index contributed by atoms with van der Waals surface area (Å²) in [4.78, 5) is 55.0. The van der Waals surface area contributed by atoms with E-state index in [4.69, 9.17) is 5.11 Å². The zero-order valence-corrected chi connectivity index (χ0v) is 25.6. The molecule has 7 rings (SSSR count). The molecule has 2 atom stereocenters. The first kappa shape index (κ1) is 30.6. The van der Waals surface area contributed by atoms with Gasteiger partial charge in [-0.15, -0.1) is 0 Å². The van der Waals surface area contributed by atoms with Gasteiger partial charge >= 0.3 is 5.97 Å². The van der Waals surface area contributed by atoms with Crippen molar-refractivity contribution in [3.8, 4) is 0 Å². The number of aromatic nitrogens is 1. The fraction of sp³-hybridized carbons (Fsp3) is 0.444. The van der Waals surface area contributed by atoms with E-state index in [0.717, 1.165) is 71.7 Å². The van der Waals surface area contributed by atoms with E-state index in [9.17, 15) is 19.2 Å². The molecule has 0 spiro atoms. The van der Waals surface area contributed by atoms with E-state index in [2.05, 4.69) is 20.9 Å². The molecule has 236 valence electrons. The Labute approximate surface area is 263 Å². The lowest BCUT2D eigenvalue weighted by atomic mass is 9.51. The number of carboxylic acids is 1. The average molecular weight is 611 g/mol. The minimum Gasteiger partial charge on any atom is -0.478 e. The number of fused-ring (bicyclic) bond motifs is 1. The molecule has 5 N–H and O–H groups in total. The number of hydrogen-bond donors (Lipinski definition) is 5. The number of H-pyrrole nitrogens is 1. The van der Waals surface area contributed by atoms with Crippen molar-refractivity contribution >= 4 is 34.6 Å². The average Bonchev–Trinajstić information content (AvgIpc) is 3.41. The molecular weight excluding hydrogens is 568 g/mol. The molecule has 4 aliphatic carbocycles. The Morgan fingerprint density at radius 2 is 1.60 bits per heavy atom. The Kier molecular flexibility index (Phi) is 8.79. The predicted octanol–water partition coefficient (Wildman–Crippen LogP) is 4.14. The number of nitrogens with one attached hydrogen (secondary N) is 4. The number of benzene rings is 2. The molecule has 4 bridgehead atoms. The molecule has 9 heteroatoms. The Bertz CT molecular complexity index is 1570. The third-order valence-corrected chi connectivity index (χ3v) is 10.2.